The molecule has 4 heteroatoms. The monoisotopic (exact) mass is 293 g/mol. The van der Waals surface area contributed by atoms with Crippen molar-refractivity contribution in [2.24, 2.45) is 5.92 Å². The number of rotatable bonds is 10. The highest BCUT2D eigenvalue weighted by Crippen LogP contribution is 2.15. The second kappa shape index (κ2) is 9.74. The molecular weight excluding hydrogens is 262 g/mol. The predicted molar refractivity (Wildman–Crippen MR) is 89.9 cm³/mol. The molecule has 0 amide bonds. The summed E-state index contributed by atoms with van der Waals surface area (Å²) in [5.74, 6) is 1.73. The Morgan fingerprint density at radius 1 is 1.29 bits per heavy atom. The van der Waals surface area contributed by atoms with Gasteiger partial charge in [0, 0.05) is 31.9 Å². The Bertz CT molecular complexity index is 407. The fourth-order valence-electron chi connectivity index (χ4n) is 2.24. The molecule has 21 heavy (non-hydrogen) atoms. The first-order valence-corrected chi connectivity index (χ1v) is 8.07. The lowest BCUT2D eigenvalue weighted by atomic mass is 10.2. The number of anilines is 1. The van der Waals surface area contributed by atoms with Crippen LogP contribution in [0.25, 0.3) is 0 Å². The zero-order valence-corrected chi connectivity index (χ0v) is 14.3. The molecule has 0 aliphatic heterocycles. The van der Waals surface area contributed by atoms with E-state index >= 15 is 0 Å². The van der Waals surface area contributed by atoms with Crippen molar-refractivity contribution < 1.29 is 4.74 Å². The van der Waals surface area contributed by atoms with Gasteiger partial charge in [-0.15, -0.1) is 0 Å². The number of likely N-dealkylation sites (N-methyl/N-ethyl adjacent to an activating group) is 1. The Morgan fingerprint density at radius 3 is 2.67 bits per heavy atom. The van der Waals surface area contributed by atoms with E-state index in [-0.39, 0.29) is 0 Å². The first-order valence-electron chi connectivity index (χ1n) is 8.07. The zero-order chi connectivity index (χ0) is 15.7. The van der Waals surface area contributed by atoms with Crippen molar-refractivity contribution in [3.8, 4) is 0 Å². The van der Waals surface area contributed by atoms with Crippen LogP contribution >= 0.6 is 0 Å². The van der Waals surface area contributed by atoms with Gasteiger partial charge in [0.1, 0.15) is 5.82 Å². The molecule has 1 rings (SSSR count). The summed E-state index contributed by atoms with van der Waals surface area (Å²) in [4.78, 5) is 6.94. The number of pyridine rings is 1. The molecule has 0 bridgehead atoms. The van der Waals surface area contributed by atoms with E-state index in [9.17, 15) is 0 Å². The van der Waals surface area contributed by atoms with Crippen molar-refractivity contribution in [3.63, 3.8) is 0 Å². The van der Waals surface area contributed by atoms with Crippen LogP contribution in [0.2, 0.25) is 0 Å². The first-order chi connectivity index (χ1) is 10.1. The summed E-state index contributed by atoms with van der Waals surface area (Å²) >= 11 is 0. The van der Waals surface area contributed by atoms with Crippen LogP contribution in [0.4, 0.5) is 5.82 Å². The van der Waals surface area contributed by atoms with Crippen molar-refractivity contribution in [1.82, 2.24) is 10.3 Å². The quantitative estimate of drug-likeness (QED) is 0.673. The van der Waals surface area contributed by atoms with Gasteiger partial charge < -0.3 is 15.0 Å². The summed E-state index contributed by atoms with van der Waals surface area (Å²) in [6, 6.07) is 4.35. The number of aromatic nitrogens is 1. The third-order valence-corrected chi connectivity index (χ3v) is 3.30. The highest BCUT2D eigenvalue weighted by molar-refractivity contribution is 5.42. The minimum atomic E-state index is 0.672. The van der Waals surface area contributed by atoms with Crippen LogP contribution in [0.1, 0.15) is 39.0 Å². The Kier molecular flexibility index (Phi) is 8.31. The van der Waals surface area contributed by atoms with Gasteiger partial charge in [0.05, 0.1) is 6.61 Å². The zero-order valence-electron chi connectivity index (χ0n) is 14.3. The summed E-state index contributed by atoms with van der Waals surface area (Å²) in [5, 5.41) is 3.49. The van der Waals surface area contributed by atoms with E-state index < -0.39 is 0 Å². The molecule has 0 aliphatic carbocycles. The van der Waals surface area contributed by atoms with Crippen molar-refractivity contribution in [2.45, 2.75) is 41.2 Å². The smallest absolute Gasteiger partial charge is 0.129 e. The molecule has 1 aromatic rings. The molecule has 0 radical (unpaired) electrons. The van der Waals surface area contributed by atoms with Crippen molar-refractivity contribution in [3.05, 3.63) is 23.4 Å². The second-order valence-corrected chi connectivity index (χ2v) is 5.78. The average Bonchev–Trinajstić information content (AvgIpc) is 2.42. The molecule has 0 spiro atoms. The van der Waals surface area contributed by atoms with Gasteiger partial charge in [0.25, 0.3) is 0 Å². The van der Waals surface area contributed by atoms with Gasteiger partial charge in [-0.2, -0.15) is 0 Å². The lowest BCUT2D eigenvalue weighted by Crippen LogP contribution is -2.28. The van der Waals surface area contributed by atoms with E-state index in [0.717, 1.165) is 50.9 Å². The Balaban J connectivity index is 2.69. The van der Waals surface area contributed by atoms with Gasteiger partial charge in [0.15, 0.2) is 0 Å². The van der Waals surface area contributed by atoms with Gasteiger partial charge >= 0.3 is 0 Å². The highest BCUT2D eigenvalue weighted by Gasteiger charge is 2.08. The SMILES string of the molecule is CCOCCN(CC)c1cc(CNCC(C)C)cc(C)n1. The maximum Gasteiger partial charge on any atom is 0.129 e. The lowest BCUT2D eigenvalue weighted by molar-refractivity contribution is 0.154. The van der Waals surface area contributed by atoms with Crippen molar-refractivity contribution in [2.75, 3.05) is 37.7 Å². The summed E-state index contributed by atoms with van der Waals surface area (Å²) in [7, 11) is 0. The number of ether oxygens (including phenoxy) is 1. The first kappa shape index (κ1) is 17.9. The lowest BCUT2D eigenvalue weighted by Gasteiger charge is -2.23. The molecule has 0 atom stereocenters. The molecule has 0 saturated heterocycles. The van der Waals surface area contributed by atoms with E-state index in [2.05, 4.69) is 55.0 Å². The molecule has 1 N–H and O–H groups in total. The summed E-state index contributed by atoms with van der Waals surface area (Å²) in [6.07, 6.45) is 0. The van der Waals surface area contributed by atoms with Crippen LogP contribution in [0.15, 0.2) is 12.1 Å². The number of aryl methyl sites for hydroxylation is 1. The molecule has 0 aliphatic rings. The van der Waals surface area contributed by atoms with Gasteiger partial charge in [-0.1, -0.05) is 13.8 Å². The molecular formula is C17H31N3O. The van der Waals surface area contributed by atoms with E-state index in [1.807, 2.05) is 6.92 Å². The maximum atomic E-state index is 5.46. The van der Waals surface area contributed by atoms with E-state index in [1.54, 1.807) is 0 Å². The molecule has 0 fully saturated rings. The normalized spacial score (nSPS) is 11.1. The summed E-state index contributed by atoms with van der Waals surface area (Å²) < 4.78 is 5.46. The Morgan fingerprint density at radius 2 is 2.05 bits per heavy atom. The van der Waals surface area contributed by atoms with Gasteiger partial charge in [-0.05, 0) is 50.9 Å². The third kappa shape index (κ3) is 6.91. The molecule has 0 unspecified atom stereocenters. The molecule has 1 heterocycles. The summed E-state index contributed by atoms with van der Waals surface area (Å²) in [6.45, 7) is 16.0. The maximum absolute atomic E-state index is 5.46. The number of hydrogen-bond donors (Lipinski definition) is 1. The van der Waals surface area contributed by atoms with Crippen LogP contribution in [0.5, 0.6) is 0 Å². The van der Waals surface area contributed by atoms with Gasteiger partial charge in [-0.25, -0.2) is 4.98 Å². The second-order valence-electron chi connectivity index (χ2n) is 5.78. The minimum absolute atomic E-state index is 0.672. The van der Waals surface area contributed by atoms with Gasteiger partial charge in [0.2, 0.25) is 0 Å². The van der Waals surface area contributed by atoms with Crippen molar-refractivity contribution in [1.29, 1.82) is 0 Å². The van der Waals surface area contributed by atoms with E-state index in [4.69, 9.17) is 4.74 Å². The number of hydrogen-bond acceptors (Lipinski definition) is 4. The fourth-order valence-corrected chi connectivity index (χ4v) is 2.24. The average molecular weight is 293 g/mol. The molecule has 0 aromatic carbocycles. The Labute approximate surface area is 129 Å². The fraction of sp³-hybridized carbons (Fsp3) is 0.706. The summed E-state index contributed by atoms with van der Waals surface area (Å²) in [5.41, 5.74) is 2.37. The highest BCUT2D eigenvalue weighted by atomic mass is 16.5. The van der Waals surface area contributed by atoms with Crippen LogP contribution in [-0.4, -0.2) is 37.8 Å². The molecule has 1 aromatic heterocycles. The number of nitrogens with one attached hydrogen (secondary N) is 1. The van der Waals surface area contributed by atoms with Crippen LogP contribution in [0, 0.1) is 12.8 Å². The van der Waals surface area contributed by atoms with Crippen LogP contribution in [0.3, 0.4) is 0 Å². The topological polar surface area (TPSA) is 37.4 Å². The standard InChI is InChI=1S/C17H31N3O/c1-6-20(8-9-21-7-2)17-11-16(10-15(5)19-17)13-18-12-14(3)4/h10-11,14,18H,6-9,12-13H2,1-5H3. The van der Waals surface area contributed by atoms with Gasteiger partial charge in [-0.3, -0.25) is 0 Å². The molecule has 0 saturated carbocycles. The van der Waals surface area contributed by atoms with Crippen LogP contribution < -0.4 is 10.2 Å². The van der Waals surface area contributed by atoms with Crippen LogP contribution in [-0.2, 0) is 11.3 Å². The molecule has 120 valence electrons. The molecule has 4 nitrogen and oxygen atoms in total. The largest absolute Gasteiger partial charge is 0.380 e. The predicted octanol–water partition coefficient (Wildman–Crippen LogP) is 3.00. The van der Waals surface area contributed by atoms with E-state index in [0.29, 0.717) is 5.92 Å². The minimum Gasteiger partial charge on any atom is -0.380 e. The third-order valence-electron chi connectivity index (χ3n) is 3.30. The van der Waals surface area contributed by atoms with E-state index in [1.165, 1.54) is 5.56 Å². The number of nitrogens with zero attached hydrogens (tertiary/aromatic N) is 2. The Hall–Kier alpha value is -1.13. The van der Waals surface area contributed by atoms with Crippen molar-refractivity contribution >= 4 is 5.82 Å².